The van der Waals surface area contributed by atoms with E-state index in [1.165, 1.54) is 0 Å². The summed E-state index contributed by atoms with van der Waals surface area (Å²) in [5, 5.41) is 39.2. The van der Waals surface area contributed by atoms with Crippen molar-refractivity contribution in [1.29, 1.82) is 0 Å². The van der Waals surface area contributed by atoms with Crippen molar-refractivity contribution in [3.63, 3.8) is 0 Å². The summed E-state index contributed by atoms with van der Waals surface area (Å²) in [5.41, 5.74) is 13.8. The van der Waals surface area contributed by atoms with E-state index in [0.717, 1.165) is 50.7 Å². The second-order valence-corrected chi connectivity index (χ2v) is 12.7. The lowest BCUT2D eigenvalue weighted by atomic mass is 9.97. The van der Waals surface area contributed by atoms with Gasteiger partial charge in [0.2, 0.25) is 5.91 Å². The van der Waals surface area contributed by atoms with E-state index in [4.69, 9.17) is 10.7 Å². The number of nitrogens with zero attached hydrogens (tertiary/aromatic N) is 5. The molecule has 1 saturated heterocycles. The minimum atomic E-state index is -0.547. The van der Waals surface area contributed by atoms with Crippen LogP contribution in [0.5, 0.6) is 11.5 Å². The molecule has 3 aromatic carbocycles. The molecule has 2 unspecified atom stereocenters. The number of piperazine rings is 1. The number of nitrogens with two attached hydrogens (primary N) is 1. The van der Waals surface area contributed by atoms with Gasteiger partial charge in [0.1, 0.15) is 11.5 Å². The fourth-order valence-corrected chi connectivity index (χ4v) is 6.78. The molecule has 5 aromatic rings. The van der Waals surface area contributed by atoms with Crippen molar-refractivity contribution in [2.75, 3.05) is 29.4 Å². The predicted molar refractivity (Wildman–Crippen MR) is 186 cm³/mol. The summed E-state index contributed by atoms with van der Waals surface area (Å²) >= 11 is 0. The van der Waals surface area contributed by atoms with Crippen molar-refractivity contribution in [1.82, 2.24) is 19.7 Å². The second kappa shape index (κ2) is 14.2. The molecule has 11 nitrogen and oxygen atoms in total. The first-order valence-electron chi connectivity index (χ1n) is 16.4. The third-order valence-corrected chi connectivity index (χ3v) is 9.02. The number of amides is 1. The van der Waals surface area contributed by atoms with Crippen molar-refractivity contribution in [2.24, 2.45) is 5.73 Å². The molecule has 250 valence electrons. The molecule has 6 rings (SSSR count). The maximum Gasteiger partial charge on any atom is 0.217 e. The molecule has 2 atom stereocenters. The molecular formula is C37H43N7O4. The Labute approximate surface area is 280 Å². The van der Waals surface area contributed by atoms with Gasteiger partial charge in [-0.25, -0.2) is 4.98 Å². The van der Waals surface area contributed by atoms with Crippen molar-refractivity contribution < 1.29 is 20.1 Å². The molecule has 0 saturated carbocycles. The highest BCUT2D eigenvalue weighted by Crippen LogP contribution is 2.39. The number of hydrogen-bond donors (Lipinski definition) is 5. The van der Waals surface area contributed by atoms with Crippen LogP contribution in [0.25, 0.3) is 11.1 Å². The van der Waals surface area contributed by atoms with Gasteiger partial charge in [-0.15, -0.1) is 0 Å². The number of phenols is 2. The molecule has 11 heteroatoms. The summed E-state index contributed by atoms with van der Waals surface area (Å²) in [4.78, 5) is 21.1. The topological polar surface area (TPSA) is 157 Å². The maximum atomic E-state index is 11.9. The number of aryl methyl sites for hydroxylation is 1. The SMILES string of the molecule is Cc1n[nH]cc1N1CCN(c2cc(O)ccc2-c2cc(O)cc(Cn3cnc(Cc4ccccc4)c3CC(C)O)c2)C(CCC(N)=O)C1. The van der Waals surface area contributed by atoms with Crippen LogP contribution in [0.1, 0.15) is 48.0 Å². The lowest BCUT2D eigenvalue weighted by molar-refractivity contribution is -0.118. The highest BCUT2D eigenvalue weighted by atomic mass is 16.3. The fourth-order valence-electron chi connectivity index (χ4n) is 6.78. The van der Waals surface area contributed by atoms with Crippen LogP contribution in [0.3, 0.4) is 0 Å². The van der Waals surface area contributed by atoms with Gasteiger partial charge in [-0.1, -0.05) is 30.3 Å². The van der Waals surface area contributed by atoms with E-state index in [-0.39, 0.29) is 29.9 Å². The van der Waals surface area contributed by atoms with Crippen LogP contribution in [0, 0.1) is 6.92 Å². The van der Waals surface area contributed by atoms with Crippen LogP contribution in [0.2, 0.25) is 0 Å². The van der Waals surface area contributed by atoms with E-state index in [2.05, 4.69) is 32.1 Å². The van der Waals surface area contributed by atoms with Gasteiger partial charge in [-0.2, -0.15) is 5.10 Å². The number of phenolic OH excluding ortho intramolecular Hbond substituents is 2. The number of anilines is 2. The Morgan fingerprint density at radius 3 is 2.56 bits per heavy atom. The van der Waals surface area contributed by atoms with Crippen LogP contribution >= 0.6 is 0 Å². The largest absolute Gasteiger partial charge is 0.508 e. The first kappa shape index (κ1) is 32.6. The van der Waals surface area contributed by atoms with Crippen LogP contribution in [0.4, 0.5) is 11.4 Å². The monoisotopic (exact) mass is 649 g/mol. The van der Waals surface area contributed by atoms with Crippen LogP contribution in [0.15, 0.2) is 79.3 Å². The standard InChI is InChI=1S/C37H43N7O4/c1-24(45)14-35-33(17-26-6-4-3-5-7-26)39-23-43(35)21-27-15-28(18-31(47)16-27)32-10-9-30(46)19-34(32)44-13-12-42(36-20-40-41-25(36)2)22-29(44)8-11-37(38)48/h3-7,9-10,15-16,18-20,23-24,29,45-47H,8,11-14,17,21-22H2,1-2H3,(H2,38,48)(H,40,41). The molecule has 1 amide bonds. The molecule has 6 N–H and O–H groups in total. The van der Waals surface area contributed by atoms with E-state index in [1.807, 2.05) is 48.0 Å². The van der Waals surface area contributed by atoms with Crippen molar-refractivity contribution in [3.05, 3.63) is 107 Å². The molecule has 1 fully saturated rings. The summed E-state index contributed by atoms with van der Waals surface area (Å²) in [6.45, 7) is 6.18. The zero-order valence-corrected chi connectivity index (χ0v) is 27.4. The Bertz CT molecular complexity index is 1870. The van der Waals surface area contributed by atoms with E-state index in [0.29, 0.717) is 45.4 Å². The molecule has 3 heterocycles. The first-order valence-corrected chi connectivity index (χ1v) is 16.4. The minimum absolute atomic E-state index is 0.0742. The van der Waals surface area contributed by atoms with Crippen molar-refractivity contribution in [3.8, 4) is 22.6 Å². The van der Waals surface area contributed by atoms with Gasteiger partial charge in [0.05, 0.1) is 29.5 Å². The number of aromatic hydroxyl groups is 2. The smallest absolute Gasteiger partial charge is 0.217 e. The molecule has 1 aliphatic heterocycles. The Kier molecular flexibility index (Phi) is 9.67. The van der Waals surface area contributed by atoms with Crippen molar-refractivity contribution >= 4 is 17.3 Å². The van der Waals surface area contributed by atoms with Gasteiger partial charge in [-0.3, -0.25) is 9.89 Å². The summed E-state index contributed by atoms with van der Waals surface area (Å²) in [7, 11) is 0. The van der Waals surface area contributed by atoms with Gasteiger partial charge >= 0.3 is 0 Å². The van der Waals surface area contributed by atoms with Crippen LogP contribution in [-0.2, 0) is 24.2 Å². The number of H-pyrrole nitrogens is 1. The number of primary amides is 1. The number of hydrogen-bond acceptors (Lipinski definition) is 8. The van der Waals surface area contributed by atoms with Crippen molar-refractivity contribution in [2.45, 2.75) is 58.2 Å². The summed E-state index contributed by atoms with van der Waals surface area (Å²) in [6.07, 6.45) is 5.03. The van der Waals surface area contributed by atoms with Gasteiger partial charge < -0.3 is 35.4 Å². The molecule has 0 spiro atoms. The lowest BCUT2D eigenvalue weighted by Crippen LogP contribution is -2.54. The van der Waals surface area contributed by atoms with E-state index in [1.54, 1.807) is 37.5 Å². The third kappa shape index (κ3) is 7.47. The number of imidazole rings is 1. The zero-order valence-electron chi connectivity index (χ0n) is 27.4. The summed E-state index contributed by atoms with van der Waals surface area (Å²) < 4.78 is 2.04. The first-order chi connectivity index (χ1) is 23.1. The molecule has 0 bridgehead atoms. The fraction of sp³-hybridized carbons (Fsp3) is 0.324. The van der Waals surface area contributed by atoms with E-state index in [9.17, 15) is 20.1 Å². The van der Waals surface area contributed by atoms with E-state index < -0.39 is 6.10 Å². The number of nitrogens with one attached hydrogen (secondary N) is 1. The second-order valence-electron chi connectivity index (χ2n) is 12.7. The summed E-state index contributed by atoms with van der Waals surface area (Å²) in [6, 6.07) is 20.9. The molecule has 0 aliphatic carbocycles. The Morgan fingerprint density at radius 1 is 1.02 bits per heavy atom. The quantitative estimate of drug-likeness (QED) is 0.132. The number of aliphatic hydroxyl groups is 1. The molecule has 2 aromatic heterocycles. The average Bonchev–Trinajstić information content (AvgIpc) is 3.65. The Morgan fingerprint density at radius 2 is 1.83 bits per heavy atom. The normalized spacial score (nSPS) is 15.5. The van der Waals surface area contributed by atoms with E-state index >= 15 is 0 Å². The molecule has 48 heavy (non-hydrogen) atoms. The summed E-state index contributed by atoms with van der Waals surface area (Å²) in [5.74, 6) is -0.113. The van der Waals surface area contributed by atoms with Gasteiger partial charge in [-0.05, 0) is 67.3 Å². The number of carbonyl (C=O) groups is 1. The number of aromatic amines is 1. The minimum Gasteiger partial charge on any atom is -0.508 e. The number of benzene rings is 3. The molecular weight excluding hydrogens is 606 g/mol. The number of aliphatic hydroxyl groups excluding tert-OH is 1. The average molecular weight is 650 g/mol. The number of aromatic nitrogens is 4. The Hall–Kier alpha value is -5.29. The Balaban J connectivity index is 1.32. The van der Waals surface area contributed by atoms with Crippen LogP contribution in [-0.4, -0.2) is 72.8 Å². The maximum absolute atomic E-state index is 11.9. The number of rotatable bonds is 12. The predicted octanol–water partition coefficient (Wildman–Crippen LogP) is 4.52. The highest BCUT2D eigenvalue weighted by molar-refractivity contribution is 5.81. The third-order valence-electron chi connectivity index (χ3n) is 9.02. The number of carbonyl (C=O) groups excluding carboxylic acids is 1. The zero-order chi connectivity index (χ0) is 33.8. The highest BCUT2D eigenvalue weighted by Gasteiger charge is 2.30. The van der Waals surface area contributed by atoms with Gasteiger partial charge in [0.25, 0.3) is 0 Å². The van der Waals surface area contributed by atoms with Gasteiger partial charge in [0.15, 0.2) is 0 Å². The van der Waals surface area contributed by atoms with Crippen LogP contribution < -0.4 is 15.5 Å². The molecule has 0 radical (unpaired) electrons. The molecule has 1 aliphatic rings. The lowest BCUT2D eigenvalue weighted by Gasteiger charge is -2.44. The van der Waals surface area contributed by atoms with Gasteiger partial charge in [0, 0.05) is 80.7 Å².